The van der Waals surface area contributed by atoms with Gasteiger partial charge in [0.05, 0.1) is 6.04 Å². The van der Waals surface area contributed by atoms with Gasteiger partial charge in [0.15, 0.2) is 0 Å². The summed E-state index contributed by atoms with van der Waals surface area (Å²) in [6.45, 7) is 6.13. The lowest BCUT2D eigenvalue weighted by Gasteiger charge is -2.23. The number of nitrogens with one attached hydrogen (secondary N) is 2. The molecule has 0 radical (unpaired) electrons. The number of hydrogen-bond acceptors (Lipinski definition) is 1. The Morgan fingerprint density at radius 3 is 2.43 bits per heavy atom. The molecule has 2 N–H and O–H groups in total. The lowest BCUT2D eigenvalue weighted by Crippen LogP contribution is -2.39. The van der Waals surface area contributed by atoms with Crippen molar-refractivity contribution in [1.29, 1.82) is 0 Å². The summed E-state index contributed by atoms with van der Waals surface area (Å²) in [4.78, 5) is 12.1. The van der Waals surface area contributed by atoms with Gasteiger partial charge in [-0.2, -0.15) is 0 Å². The van der Waals surface area contributed by atoms with Crippen LogP contribution in [0.25, 0.3) is 0 Å². The van der Waals surface area contributed by atoms with E-state index in [1.807, 2.05) is 36.4 Å². The molecular weight excluding hydrogens is 291 g/mol. The smallest absolute Gasteiger partial charge is 0.315 e. The maximum absolute atomic E-state index is 13.5. The maximum Gasteiger partial charge on any atom is 0.315 e. The van der Waals surface area contributed by atoms with Crippen molar-refractivity contribution in [2.75, 3.05) is 0 Å². The van der Waals surface area contributed by atoms with Crippen molar-refractivity contribution < 1.29 is 9.18 Å². The quantitative estimate of drug-likeness (QED) is 0.847. The summed E-state index contributed by atoms with van der Waals surface area (Å²) in [6, 6.07) is 14.5. The zero-order valence-electron chi connectivity index (χ0n) is 13.8. The van der Waals surface area contributed by atoms with Crippen LogP contribution >= 0.6 is 0 Å². The van der Waals surface area contributed by atoms with Gasteiger partial charge in [0.2, 0.25) is 0 Å². The first-order chi connectivity index (χ1) is 11.0. The van der Waals surface area contributed by atoms with Crippen molar-refractivity contribution in [2.45, 2.75) is 33.4 Å². The highest BCUT2D eigenvalue weighted by Crippen LogP contribution is 2.21. The fourth-order valence-corrected chi connectivity index (χ4v) is 2.42. The van der Waals surface area contributed by atoms with Gasteiger partial charge in [-0.3, -0.25) is 0 Å². The van der Waals surface area contributed by atoms with Crippen LogP contribution in [-0.2, 0) is 6.54 Å². The van der Waals surface area contributed by atoms with Crippen molar-refractivity contribution in [2.24, 2.45) is 5.92 Å². The molecule has 0 saturated carbocycles. The molecule has 2 rings (SSSR count). The first kappa shape index (κ1) is 17.0. The van der Waals surface area contributed by atoms with Crippen LogP contribution in [0.5, 0.6) is 0 Å². The van der Waals surface area contributed by atoms with Crippen LogP contribution in [0, 0.1) is 18.7 Å². The Hall–Kier alpha value is -2.36. The molecule has 2 amide bonds. The Labute approximate surface area is 136 Å². The third-order valence-electron chi connectivity index (χ3n) is 3.80. The van der Waals surface area contributed by atoms with Crippen LogP contribution in [0.4, 0.5) is 9.18 Å². The van der Waals surface area contributed by atoms with Crippen molar-refractivity contribution in [1.82, 2.24) is 10.6 Å². The van der Waals surface area contributed by atoms with Crippen LogP contribution in [0.1, 0.15) is 36.6 Å². The molecule has 0 fully saturated rings. The van der Waals surface area contributed by atoms with E-state index in [4.69, 9.17) is 0 Å². The molecule has 0 aliphatic heterocycles. The van der Waals surface area contributed by atoms with Crippen LogP contribution in [0.3, 0.4) is 0 Å². The number of carbonyl (C=O) groups excluding carboxylic acids is 1. The molecule has 2 aromatic carbocycles. The second-order valence-corrected chi connectivity index (χ2v) is 6.04. The van der Waals surface area contributed by atoms with E-state index < -0.39 is 0 Å². The van der Waals surface area contributed by atoms with E-state index in [2.05, 4.69) is 24.5 Å². The van der Waals surface area contributed by atoms with E-state index in [1.165, 1.54) is 6.07 Å². The van der Waals surface area contributed by atoms with E-state index in [0.717, 1.165) is 11.1 Å². The lowest BCUT2D eigenvalue weighted by molar-refractivity contribution is 0.232. The van der Waals surface area contributed by atoms with Gasteiger partial charge in [0, 0.05) is 6.54 Å². The fraction of sp³-hybridized carbons (Fsp3) is 0.316. The largest absolute Gasteiger partial charge is 0.334 e. The van der Waals surface area contributed by atoms with Gasteiger partial charge >= 0.3 is 6.03 Å². The standard InChI is InChI=1S/C19H23FN2O/c1-13(2)18(16-7-5-4-6-8-16)22-19(23)21-12-15-10-9-14(3)17(20)11-15/h4-11,13,18H,12H2,1-3H3,(H2,21,22,23). The minimum absolute atomic E-state index is 0.0639. The first-order valence-electron chi connectivity index (χ1n) is 7.81. The second kappa shape index (κ2) is 7.77. The molecule has 0 aliphatic carbocycles. The van der Waals surface area contributed by atoms with E-state index in [9.17, 15) is 9.18 Å². The number of benzene rings is 2. The topological polar surface area (TPSA) is 41.1 Å². The summed E-state index contributed by atoms with van der Waals surface area (Å²) in [7, 11) is 0. The first-order valence-corrected chi connectivity index (χ1v) is 7.81. The highest BCUT2D eigenvalue weighted by atomic mass is 19.1. The summed E-state index contributed by atoms with van der Waals surface area (Å²) < 4.78 is 13.5. The molecule has 2 aromatic rings. The minimum Gasteiger partial charge on any atom is -0.334 e. The highest BCUT2D eigenvalue weighted by molar-refractivity contribution is 5.74. The molecule has 0 saturated heterocycles. The average Bonchev–Trinajstić information content (AvgIpc) is 2.54. The van der Waals surface area contributed by atoms with Crippen LogP contribution in [0.15, 0.2) is 48.5 Å². The van der Waals surface area contributed by atoms with E-state index in [-0.39, 0.29) is 23.8 Å². The molecule has 122 valence electrons. The Morgan fingerprint density at radius 2 is 1.83 bits per heavy atom. The molecule has 3 nitrogen and oxygen atoms in total. The van der Waals surface area contributed by atoms with E-state index in [0.29, 0.717) is 12.1 Å². The van der Waals surface area contributed by atoms with Crippen LogP contribution in [0.2, 0.25) is 0 Å². The van der Waals surface area contributed by atoms with Gasteiger partial charge in [-0.05, 0) is 35.6 Å². The number of rotatable bonds is 5. The Kier molecular flexibility index (Phi) is 5.74. The number of amides is 2. The van der Waals surface area contributed by atoms with Crippen molar-refractivity contribution in [3.05, 3.63) is 71.0 Å². The third-order valence-corrected chi connectivity index (χ3v) is 3.80. The molecule has 1 atom stereocenters. The zero-order valence-corrected chi connectivity index (χ0v) is 13.8. The molecular formula is C19H23FN2O. The molecule has 1 unspecified atom stereocenters. The summed E-state index contributed by atoms with van der Waals surface area (Å²) in [5.74, 6) is 0.00835. The maximum atomic E-state index is 13.5. The number of aryl methyl sites for hydroxylation is 1. The van der Waals surface area contributed by atoms with Gasteiger partial charge in [-0.1, -0.05) is 56.3 Å². The predicted molar refractivity (Wildman–Crippen MR) is 90.5 cm³/mol. The Bertz CT molecular complexity index is 656. The highest BCUT2D eigenvalue weighted by Gasteiger charge is 2.17. The van der Waals surface area contributed by atoms with Gasteiger partial charge in [-0.15, -0.1) is 0 Å². The number of carbonyl (C=O) groups is 1. The average molecular weight is 314 g/mol. The van der Waals surface area contributed by atoms with Crippen LogP contribution in [-0.4, -0.2) is 6.03 Å². The molecule has 23 heavy (non-hydrogen) atoms. The van der Waals surface area contributed by atoms with Crippen molar-refractivity contribution in [3.8, 4) is 0 Å². The number of urea groups is 1. The number of hydrogen-bond donors (Lipinski definition) is 2. The molecule has 0 aromatic heterocycles. The molecule has 0 heterocycles. The summed E-state index contributed by atoms with van der Waals surface area (Å²) in [5, 5.41) is 5.77. The summed E-state index contributed by atoms with van der Waals surface area (Å²) in [6.07, 6.45) is 0. The van der Waals surface area contributed by atoms with E-state index in [1.54, 1.807) is 13.0 Å². The van der Waals surface area contributed by atoms with Gasteiger partial charge in [0.1, 0.15) is 5.82 Å². The molecule has 0 bridgehead atoms. The third kappa shape index (κ3) is 4.81. The van der Waals surface area contributed by atoms with Gasteiger partial charge in [0.25, 0.3) is 0 Å². The van der Waals surface area contributed by atoms with Crippen molar-refractivity contribution >= 4 is 6.03 Å². The zero-order chi connectivity index (χ0) is 16.8. The number of halogens is 1. The molecule has 4 heteroatoms. The van der Waals surface area contributed by atoms with Crippen molar-refractivity contribution in [3.63, 3.8) is 0 Å². The fourth-order valence-electron chi connectivity index (χ4n) is 2.42. The van der Waals surface area contributed by atoms with Crippen LogP contribution < -0.4 is 10.6 Å². The van der Waals surface area contributed by atoms with Gasteiger partial charge in [-0.25, -0.2) is 9.18 Å². The minimum atomic E-state index is -0.256. The monoisotopic (exact) mass is 314 g/mol. The Morgan fingerprint density at radius 1 is 1.13 bits per heavy atom. The Balaban J connectivity index is 1.95. The summed E-state index contributed by atoms with van der Waals surface area (Å²) >= 11 is 0. The summed E-state index contributed by atoms with van der Waals surface area (Å²) in [5.41, 5.74) is 2.41. The van der Waals surface area contributed by atoms with Gasteiger partial charge < -0.3 is 10.6 Å². The molecule has 0 aliphatic rings. The normalized spacial score (nSPS) is 12.0. The lowest BCUT2D eigenvalue weighted by atomic mass is 9.96. The second-order valence-electron chi connectivity index (χ2n) is 6.04. The van der Waals surface area contributed by atoms with E-state index >= 15 is 0 Å². The predicted octanol–water partition coefficient (Wildman–Crippen LogP) is 4.33. The molecule has 0 spiro atoms. The SMILES string of the molecule is Cc1ccc(CNC(=O)NC(c2ccccc2)C(C)C)cc1F.